The molecule has 120 valence electrons. The first-order valence-electron chi connectivity index (χ1n) is 7.76. The van der Waals surface area contributed by atoms with Crippen LogP contribution in [0.5, 0.6) is 0 Å². The van der Waals surface area contributed by atoms with Crippen LogP contribution in [0, 0.1) is 0 Å². The molecule has 1 fully saturated rings. The van der Waals surface area contributed by atoms with Crippen molar-refractivity contribution < 1.29 is 9.22 Å². The van der Waals surface area contributed by atoms with E-state index in [9.17, 15) is 4.79 Å². The van der Waals surface area contributed by atoms with E-state index in [1.54, 1.807) is 6.08 Å². The van der Waals surface area contributed by atoms with Gasteiger partial charge in [-0.2, -0.15) is 0 Å². The first kappa shape index (κ1) is 18.2. The standard InChI is InChI=1S/C17H31NO2Si/c1-8-11-17(12-10-15(19)18(17)13-9-2)14-20-21(6,7)16(3,4)5/h8-9H,1-2,10-14H2,3-7H3/t17-/m0/s1. The molecule has 0 radical (unpaired) electrons. The zero-order chi connectivity index (χ0) is 16.3. The fraction of sp³-hybridized carbons (Fsp3) is 0.706. The maximum absolute atomic E-state index is 12.2. The van der Waals surface area contributed by atoms with Crippen molar-refractivity contribution in [2.75, 3.05) is 13.2 Å². The molecule has 0 spiro atoms. The Hall–Kier alpha value is -0.873. The summed E-state index contributed by atoms with van der Waals surface area (Å²) in [4.78, 5) is 14.1. The smallest absolute Gasteiger partial charge is 0.223 e. The van der Waals surface area contributed by atoms with Gasteiger partial charge in [0.05, 0.1) is 12.1 Å². The van der Waals surface area contributed by atoms with Crippen LogP contribution in [-0.4, -0.2) is 37.8 Å². The highest BCUT2D eigenvalue weighted by atomic mass is 28.4. The lowest BCUT2D eigenvalue weighted by Crippen LogP contribution is -2.53. The molecule has 21 heavy (non-hydrogen) atoms. The maximum Gasteiger partial charge on any atom is 0.223 e. The molecule has 0 unspecified atom stereocenters. The van der Waals surface area contributed by atoms with E-state index in [1.165, 1.54) is 0 Å². The summed E-state index contributed by atoms with van der Waals surface area (Å²) in [5.74, 6) is 0.204. The fourth-order valence-electron chi connectivity index (χ4n) is 2.52. The Balaban J connectivity index is 2.94. The van der Waals surface area contributed by atoms with Crippen LogP contribution >= 0.6 is 0 Å². The first-order chi connectivity index (χ1) is 9.59. The predicted octanol–water partition coefficient (Wildman–Crippen LogP) is 4.13. The number of hydrogen-bond acceptors (Lipinski definition) is 2. The van der Waals surface area contributed by atoms with Crippen LogP contribution in [0.1, 0.15) is 40.0 Å². The predicted molar refractivity (Wildman–Crippen MR) is 91.8 cm³/mol. The molecule has 0 aromatic carbocycles. The molecule has 1 heterocycles. The second-order valence-corrected chi connectivity index (χ2v) is 12.4. The normalized spacial score (nSPS) is 23.5. The van der Waals surface area contributed by atoms with Gasteiger partial charge in [-0.25, -0.2) is 0 Å². The third-order valence-corrected chi connectivity index (χ3v) is 9.50. The van der Waals surface area contributed by atoms with Crippen LogP contribution in [-0.2, 0) is 9.22 Å². The van der Waals surface area contributed by atoms with E-state index in [2.05, 4.69) is 47.0 Å². The first-order valence-corrected chi connectivity index (χ1v) is 10.7. The van der Waals surface area contributed by atoms with Crippen LogP contribution in [0.25, 0.3) is 0 Å². The Bertz CT molecular complexity index is 412. The highest BCUT2D eigenvalue weighted by molar-refractivity contribution is 6.74. The Morgan fingerprint density at radius 1 is 1.33 bits per heavy atom. The Morgan fingerprint density at radius 2 is 1.95 bits per heavy atom. The molecule has 1 rings (SSSR count). The lowest BCUT2D eigenvalue weighted by Gasteiger charge is -2.43. The van der Waals surface area contributed by atoms with E-state index < -0.39 is 8.32 Å². The minimum absolute atomic E-state index is 0.175. The molecule has 0 bridgehead atoms. The van der Waals surface area contributed by atoms with E-state index in [4.69, 9.17) is 4.43 Å². The molecule has 0 aromatic rings. The summed E-state index contributed by atoms with van der Waals surface area (Å²) in [5.41, 5.74) is -0.234. The molecule has 1 aliphatic heterocycles. The van der Waals surface area contributed by atoms with E-state index in [0.29, 0.717) is 19.6 Å². The number of carbonyl (C=O) groups excluding carboxylic acids is 1. The van der Waals surface area contributed by atoms with Gasteiger partial charge in [-0.05, 0) is 31.0 Å². The van der Waals surface area contributed by atoms with Crippen LogP contribution in [0.15, 0.2) is 25.3 Å². The minimum Gasteiger partial charge on any atom is -0.414 e. The van der Waals surface area contributed by atoms with Crippen molar-refractivity contribution >= 4 is 14.2 Å². The Labute approximate surface area is 131 Å². The van der Waals surface area contributed by atoms with Crippen molar-refractivity contribution in [3.63, 3.8) is 0 Å². The average molecular weight is 310 g/mol. The topological polar surface area (TPSA) is 29.5 Å². The number of rotatable bonds is 7. The zero-order valence-corrected chi connectivity index (χ0v) is 15.4. The van der Waals surface area contributed by atoms with Gasteiger partial charge in [-0.3, -0.25) is 4.79 Å². The molecule has 0 aliphatic carbocycles. The van der Waals surface area contributed by atoms with E-state index in [1.807, 2.05) is 11.0 Å². The fourth-order valence-corrected chi connectivity index (χ4v) is 3.58. The summed E-state index contributed by atoms with van der Waals surface area (Å²) in [5, 5.41) is 0.175. The van der Waals surface area contributed by atoms with Gasteiger partial charge in [-0.1, -0.05) is 32.9 Å². The minimum atomic E-state index is -1.82. The van der Waals surface area contributed by atoms with Crippen LogP contribution in [0.2, 0.25) is 18.1 Å². The Morgan fingerprint density at radius 3 is 2.43 bits per heavy atom. The number of hydrogen-bond donors (Lipinski definition) is 0. The lowest BCUT2D eigenvalue weighted by atomic mass is 9.93. The van der Waals surface area contributed by atoms with Gasteiger partial charge in [0.25, 0.3) is 0 Å². The highest BCUT2D eigenvalue weighted by Crippen LogP contribution is 2.40. The maximum atomic E-state index is 12.2. The molecular weight excluding hydrogens is 278 g/mol. The lowest BCUT2D eigenvalue weighted by molar-refractivity contribution is -0.131. The van der Waals surface area contributed by atoms with Crippen molar-refractivity contribution in [1.82, 2.24) is 4.90 Å². The zero-order valence-electron chi connectivity index (χ0n) is 14.4. The number of likely N-dealkylation sites (tertiary alicyclic amines) is 1. The van der Waals surface area contributed by atoms with Gasteiger partial charge in [0.2, 0.25) is 5.91 Å². The largest absolute Gasteiger partial charge is 0.414 e. The van der Waals surface area contributed by atoms with E-state index >= 15 is 0 Å². The quantitative estimate of drug-likeness (QED) is 0.523. The molecule has 1 amide bonds. The van der Waals surface area contributed by atoms with E-state index in [0.717, 1.165) is 12.8 Å². The van der Waals surface area contributed by atoms with Crippen LogP contribution < -0.4 is 0 Å². The summed E-state index contributed by atoms with van der Waals surface area (Å²) >= 11 is 0. The highest BCUT2D eigenvalue weighted by Gasteiger charge is 2.46. The van der Waals surface area contributed by atoms with Gasteiger partial charge in [0.15, 0.2) is 8.32 Å². The van der Waals surface area contributed by atoms with Gasteiger partial charge in [0.1, 0.15) is 0 Å². The van der Waals surface area contributed by atoms with Crippen molar-refractivity contribution in [3.05, 3.63) is 25.3 Å². The summed E-state index contributed by atoms with van der Waals surface area (Å²) < 4.78 is 6.42. The van der Waals surface area contributed by atoms with Gasteiger partial charge in [-0.15, -0.1) is 13.2 Å². The molecule has 1 saturated heterocycles. The summed E-state index contributed by atoms with van der Waals surface area (Å²) in [6.45, 7) is 20.1. The second-order valence-electron chi connectivity index (χ2n) is 7.56. The summed E-state index contributed by atoms with van der Waals surface area (Å²) in [6, 6.07) is 0. The molecule has 0 aromatic heterocycles. The van der Waals surface area contributed by atoms with Gasteiger partial charge < -0.3 is 9.33 Å². The van der Waals surface area contributed by atoms with E-state index in [-0.39, 0.29) is 16.5 Å². The average Bonchev–Trinajstić information content (AvgIpc) is 2.66. The number of carbonyl (C=O) groups is 1. The second kappa shape index (κ2) is 6.49. The molecule has 1 atom stereocenters. The molecular formula is C17H31NO2Si. The van der Waals surface area contributed by atoms with Crippen LogP contribution in [0.4, 0.5) is 0 Å². The molecule has 0 saturated carbocycles. The van der Waals surface area contributed by atoms with Crippen LogP contribution in [0.3, 0.4) is 0 Å². The monoisotopic (exact) mass is 309 g/mol. The van der Waals surface area contributed by atoms with Gasteiger partial charge >= 0.3 is 0 Å². The third-order valence-electron chi connectivity index (χ3n) is 5.02. The van der Waals surface area contributed by atoms with Gasteiger partial charge in [0, 0.05) is 13.0 Å². The Kier molecular flexibility index (Phi) is 5.61. The molecule has 0 N–H and O–H groups in total. The molecule has 3 nitrogen and oxygen atoms in total. The van der Waals surface area contributed by atoms with Crippen molar-refractivity contribution in [2.45, 2.75) is 63.7 Å². The van der Waals surface area contributed by atoms with Crippen molar-refractivity contribution in [3.8, 4) is 0 Å². The molecule has 4 heteroatoms. The molecule has 1 aliphatic rings. The number of nitrogens with zero attached hydrogens (tertiary/aromatic N) is 1. The number of amides is 1. The van der Waals surface area contributed by atoms with Crippen molar-refractivity contribution in [2.24, 2.45) is 0 Å². The SMILES string of the molecule is C=CCN1C(=O)CC[C@@]1(CC=C)CO[Si](C)(C)C(C)(C)C. The van der Waals surface area contributed by atoms with Crippen molar-refractivity contribution in [1.29, 1.82) is 0 Å². The summed E-state index contributed by atoms with van der Waals surface area (Å²) in [6.07, 6.45) is 5.93. The summed E-state index contributed by atoms with van der Waals surface area (Å²) in [7, 11) is -1.82. The third kappa shape index (κ3) is 3.86.